The zero-order chi connectivity index (χ0) is 23.2. The number of alkyl halides is 3. The largest absolute Gasteiger partial charge is 0.416 e. The highest BCUT2D eigenvalue weighted by Crippen LogP contribution is 2.36. The number of hydrogen-bond acceptors (Lipinski definition) is 3. The molecule has 1 amide bonds. The van der Waals surface area contributed by atoms with Crippen molar-refractivity contribution in [3.63, 3.8) is 0 Å². The first kappa shape index (κ1) is 28.5. The molecule has 3 N–H and O–H groups in total. The third-order valence-corrected chi connectivity index (χ3v) is 5.27. The number of likely N-dealkylation sites (tertiary alicyclic amines) is 1. The Bertz CT molecular complexity index is 762. The second kappa shape index (κ2) is 12.1. The lowest BCUT2D eigenvalue weighted by atomic mass is 9.84. The van der Waals surface area contributed by atoms with Gasteiger partial charge in [-0.2, -0.15) is 13.2 Å². The van der Waals surface area contributed by atoms with E-state index in [0.717, 1.165) is 37.1 Å². The van der Waals surface area contributed by atoms with Crippen molar-refractivity contribution >= 4 is 35.8 Å². The number of rotatable bonds is 5. The molecule has 0 aliphatic carbocycles. The molecule has 0 saturated carbocycles. The van der Waals surface area contributed by atoms with Crippen LogP contribution >= 0.6 is 24.0 Å². The van der Waals surface area contributed by atoms with Gasteiger partial charge in [0, 0.05) is 25.2 Å². The molecule has 2 atom stereocenters. The molecular weight excluding hydrogens is 534 g/mol. The number of carbonyl (C=O) groups is 1. The summed E-state index contributed by atoms with van der Waals surface area (Å²) in [5, 5.41) is 9.16. The van der Waals surface area contributed by atoms with E-state index in [9.17, 15) is 18.0 Å². The Morgan fingerprint density at radius 1 is 1.16 bits per heavy atom. The van der Waals surface area contributed by atoms with E-state index in [1.165, 1.54) is 0 Å². The van der Waals surface area contributed by atoms with Crippen molar-refractivity contribution in [1.29, 1.82) is 0 Å². The molecule has 0 bridgehead atoms. The van der Waals surface area contributed by atoms with Crippen molar-refractivity contribution < 1.29 is 18.0 Å². The predicted octanol–water partition coefficient (Wildman–Crippen LogP) is 3.79. The topological polar surface area (TPSA) is 68.8 Å². The summed E-state index contributed by atoms with van der Waals surface area (Å²) in [5.74, 6) is 0.580. The van der Waals surface area contributed by atoms with Gasteiger partial charge in [0.05, 0.1) is 12.1 Å². The monoisotopic (exact) mass is 569 g/mol. The van der Waals surface area contributed by atoms with Gasteiger partial charge in [-0.1, -0.05) is 12.1 Å². The Morgan fingerprint density at radius 2 is 1.78 bits per heavy atom. The summed E-state index contributed by atoms with van der Waals surface area (Å²) >= 11 is 0. The predicted molar refractivity (Wildman–Crippen MR) is 132 cm³/mol. The molecule has 182 valence electrons. The second-order valence-electron chi connectivity index (χ2n) is 9.05. The van der Waals surface area contributed by atoms with Crippen LogP contribution in [0.5, 0.6) is 0 Å². The van der Waals surface area contributed by atoms with E-state index >= 15 is 0 Å². The van der Waals surface area contributed by atoms with Gasteiger partial charge < -0.3 is 16.0 Å². The third-order valence-electron chi connectivity index (χ3n) is 5.27. The van der Waals surface area contributed by atoms with Crippen molar-refractivity contribution in [2.24, 2.45) is 10.9 Å². The summed E-state index contributed by atoms with van der Waals surface area (Å²) in [6, 6.07) is 5.46. The normalized spacial score (nSPS) is 20.3. The van der Waals surface area contributed by atoms with Gasteiger partial charge in [-0.25, -0.2) is 0 Å². The zero-order valence-electron chi connectivity index (χ0n) is 19.3. The first-order valence-electron chi connectivity index (χ1n) is 10.5. The number of guanidine groups is 1. The summed E-state index contributed by atoms with van der Waals surface area (Å²) in [6.07, 6.45) is -2.38. The van der Waals surface area contributed by atoms with Gasteiger partial charge >= 0.3 is 6.18 Å². The molecule has 6 nitrogen and oxygen atoms in total. The minimum atomic E-state index is -4.34. The summed E-state index contributed by atoms with van der Waals surface area (Å²) in [5.41, 5.74) is -0.0749. The lowest BCUT2D eigenvalue weighted by Gasteiger charge is -2.40. The van der Waals surface area contributed by atoms with E-state index in [2.05, 4.69) is 25.8 Å². The molecule has 1 aliphatic heterocycles. The second-order valence-corrected chi connectivity index (χ2v) is 9.05. The van der Waals surface area contributed by atoms with Crippen molar-refractivity contribution in [1.82, 2.24) is 20.9 Å². The van der Waals surface area contributed by atoms with Gasteiger partial charge in [0.15, 0.2) is 5.96 Å². The molecular formula is C22H35F3IN5O. The minimum Gasteiger partial charge on any atom is -0.356 e. The van der Waals surface area contributed by atoms with E-state index in [1.807, 2.05) is 27.8 Å². The van der Waals surface area contributed by atoms with Crippen LogP contribution in [0, 0.1) is 5.92 Å². The van der Waals surface area contributed by atoms with Gasteiger partial charge in [-0.15, -0.1) is 24.0 Å². The van der Waals surface area contributed by atoms with E-state index in [4.69, 9.17) is 0 Å². The van der Waals surface area contributed by atoms with E-state index in [0.29, 0.717) is 12.5 Å². The average Bonchev–Trinajstić information content (AvgIpc) is 2.66. The quantitative estimate of drug-likeness (QED) is 0.287. The molecule has 1 aromatic carbocycles. The fourth-order valence-corrected chi connectivity index (χ4v) is 3.94. The van der Waals surface area contributed by atoms with Crippen LogP contribution in [0.25, 0.3) is 0 Å². The van der Waals surface area contributed by atoms with E-state index < -0.39 is 11.7 Å². The van der Waals surface area contributed by atoms with Gasteiger partial charge in [-0.3, -0.25) is 14.7 Å². The smallest absolute Gasteiger partial charge is 0.356 e. The van der Waals surface area contributed by atoms with E-state index in [1.54, 1.807) is 19.2 Å². The van der Waals surface area contributed by atoms with Crippen LogP contribution < -0.4 is 16.0 Å². The first-order valence-corrected chi connectivity index (χ1v) is 10.5. The molecule has 1 aromatic rings. The first-order chi connectivity index (χ1) is 14.4. The number of carbonyl (C=O) groups excluding carboxylic acids is 1. The Labute approximate surface area is 205 Å². The fourth-order valence-electron chi connectivity index (χ4n) is 3.94. The number of piperidine rings is 1. The number of nitrogens with one attached hydrogen (secondary N) is 3. The Morgan fingerprint density at radius 3 is 2.31 bits per heavy atom. The standard InChI is InChI=1S/C22H34F3N5O.HI/c1-21(2,3)29-18(31)14-28-20(26-4)27-13-16-7-6-12-30(5)19(16)15-8-10-17(11-9-15)22(23,24)25;/h8-11,16,19H,6-7,12-14H2,1-5H3,(H,29,31)(H2,26,27,28);1H. The number of aliphatic imine (C=N–C) groups is 1. The average molecular weight is 569 g/mol. The molecule has 1 heterocycles. The molecule has 1 saturated heterocycles. The maximum Gasteiger partial charge on any atom is 0.416 e. The molecule has 0 spiro atoms. The van der Waals surface area contributed by atoms with E-state index in [-0.39, 0.29) is 53.9 Å². The van der Waals surface area contributed by atoms with Crippen LogP contribution in [0.4, 0.5) is 13.2 Å². The van der Waals surface area contributed by atoms with Crippen LogP contribution in [0.2, 0.25) is 0 Å². The molecule has 2 rings (SSSR count). The van der Waals surface area contributed by atoms with Crippen LogP contribution in [0.1, 0.15) is 50.8 Å². The Balaban J connectivity index is 0.00000512. The van der Waals surface area contributed by atoms with Gasteiger partial charge in [0.2, 0.25) is 5.91 Å². The zero-order valence-corrected chi connectivity index (χ0v) is 21.7. The van der Waals surface area contributed by atoms with Crippen LogP contribution in [0.15, 0.2) is 29.3 Å². The number of halogens is 4. The summed E-state index contributed by atoms with van der Waals surface area (Å²) in [4.78, 5) is 18.4. The lowest BCUT2D eigenvalue weighted by Crippen LogP contribution is -2.49. The van der Waals surface area contributed by atoms with Gasteiger partial charge in [0.1, 0.15) is 0 Å². The lowest BCUT2D eigenvalue weighted by molar-refractivity contribution is -0.137. The highest BCUT2D eigenvalue weighted by atomic mass is 127. The number of amides is 1. The molecule has 1 aliphatic rings. The molecule has 2 unspecified atom stereocenters. The van der Waals surface area contributed by atoms with Crippen molar-refractivity contribution in [2.75, 3.05) is 33.7 Å². The van der Waals surface area contributed by atoms with Crippen LogP contribution in [0.3, 0.4) is 0 Å². The van der Waals surface area contributed by atoms with Crippen molar-refractivity contribution in [2.45, 2.75) is 51.4 Å². The van der Waals surface area contributed by atoms with Gasteiger partial charge in [-0.05, 0) is 70.8 Å². The van der Waals surface area contributed by atoms with Crippen LogP contribution in [-0.4, -0.2) is 56.0 Å². The molecule has 0 aromatic heterocycles. The number of hydrogen-bond donors (Lipinski definition) is 3. The maximum atomic E-state index is 12.9. The van der Waals surface area contributed by atoms with Crippen molar-refractivity contribution in [3.05, 3.63) is 35.4 Å². The SMILES string of the molecule is CN=C(NCC(=O)NC(C)(C)C)NCC1CCCN(C)C1c1ccc(C(F)(F)F)cc1.I. The Kier molecular flexibility index (Phi) is 10.7. The highest BCUT2D eigenvalue weighted by molar-refractivity contribution is 14.0. The molecule has 0 radical (unpaired) electrons. The minimum absolute atomic E-state index is 0. The summed E-state index contributed by atoms with van der Waals surface area (Å²) < 4.78 is 38.7. The number of benzene rings is 1. The maximum absolute atomic E-state index is 12.9. The summed E-state index contributed by atoms with van der Waals surface area (Å²) in [6.45, 7) is 7.33. The molecule has 32 heavy (non-hydrogen) atoms. The highest BCUT2D eigenvalue weighted by Gasteiger charge is 2.33. The molecule has 10 heteroatoms. The number of nitrogens with zero attached hydrogens (tertiary/aromatic N) is 2. The molecule has 1 fully saturated rings. The van der Waals surface area contributed by atoms with Crippen LogP contribution in [-0.2, 0) is 11.0 Å². The summed E-state index contributed by atoms with van der Waals surface area (Å²) in [7, 11) is 3.63. The van der Waals surface area contributed by atoms with Crippen molar-refractivity contribution in [3.8, 4) is 0 Å². The van der Waals surface area contributed by atoms with Gasteiger partial charge in [0.25, 0.3) is 0 Å². The third kappa shape index (κ3) is 8.76. The Hall–Kier alpha value is -1.56. The fraction of sp³-hybridized carbons (Fsp3) is 0.636.